The molecular weight excluding hydrogens is 256 g/mol. The second-order valence-corrected chi connectivity index (χ2v) is 5.69. The van der Waals surface area contributed by atoms with Crippen LogP contribution in [0.3, 0.4) is 0 Å². The predicted molar refractivity (Wildman–Crippen MR) is 74.1 cm³/mol. The fraction of sp³-hybridized carbons (Fsp3) is 0.562. The van der Waals surface area contributed by atoms with Crippen molar-refractivity contribution in [2.24, 2.45) is 0 Å². The maximum atomic E-state index is 11.7. The molecule has 4 nitrogen and oxygen atoms in total. The molecule has 1 aromatic carbocycles. The van der Waals surface area contributed by atoms with E-state index in [4.69, 9.17) is 9.47 Å². The summed E-state index contributed by atoms with van der Waals surface area (Å²) < 4.78 is 11.5. The van der Waals surface area contributed by atoms with Gasteiger partial charge in [-0.25, -0.2) is 0 Å². The normalized spacial score (nSPS) is 24.7. The standard InChI is InChI=1S/C16H20O4/c17-15(18)16(8-4-9-16)13-6-1-2-7-14(13)20-12-5-3-10-19-11-12/h1-2,6-7,12H,3-5,8-11H2,(H,17,18). The molecule has 20 heavy (non-hydrogen) atoms. The average Bonchev–Trinajstić information content (AvgIpc) is 2.40. The number of ether oxygens (including phenoxy) is 2. The minimum atomic E-state index is -0.744. The molecule has 3 rings (SSSR count). The van der Waals surface area contributed by atoms with Gasteiger partial charge in [0, 0.05) is 12.2 Å². The van der Waals surface area contributed by atoms with Gasteiger partial charge in [-0.2, -0.15) is 0 Å². The predicted octanol–water partition coefficient (Wildman–Crippen LogP) is 2.75. The summed E-state index contributed by atoms with van der Waals surface area (Å²) in [5.74, 6) is -0.0233. The number of carboxylic acid groups (broad SMARTS) is 1. The molecule has 2 aliphatic rings. The number of rotatable bonds is 4. The van der Waals surface area contributed by atoms with Crippen LogP contribution in [-0.4, -0.2) is 30.4 Å². The number of carboxylic acids is 1. The summed E-state index contributed by atoms with van der Waals surface area (Å²) in [5.41, 5.74) is 0.0795. The van der Waals surface area contributed by atoms with Crippen molar-refractivity contribution >= 4 is 5.97 Å². The van der Waals surface area contributed by atoms with Crippen molar-refractivity contribution in [1.29, 1.82) is 0 Å². The van der Waals surface area contributed by atoms with Gasteiger partial charge in [0.2, 0.25) is 0 Å². The summed E-state index contributed by atoms with van der Waals surface area (Å²) in [6.45, 7) is 1.38. The van der Waals surface area contributed by atoms with Crippen LogP contribution in [0.4, 0.5) is 0 Å². The third-order valence-corrected chi connectivity index (χ3v) is 4.43. The number of benzene rings is 1. The van der Waals surface area contributed by atoms with Gasteiger partial charge in [0.25, 0.3) is 0 Å². The van der Waals surface area contributed by atoms with Crippen LogP contribution in [0.25, 0.3) is 0 Å². The summed E-state index contributed by atoms with van der Waals surface area (Å²) in [6.07, 6.45) is 4.36. The van der Waals surface area contributed by atoms with Crippen molar-refractivity contribution in [3.05, 3.63) is 29.8 Å². The Bertz CT molecular complexity index is 487. The van der Waals surface area contributed by atoms with E-state index in [2.05, 4.69) is 0 Å². The zero-order valence-corrected chi connectivity index (χ0v) is 11.5. The first-order valence-electron chi connectivity index (χ1n) is 7.30. The highest BCUT2D eigenvalue weighted by Crippen LogP contribution is 2.47. The van der Waals surface area contributed by atoms with Crippen molar-refractivity contribution in [1.82, 2.24) is 0 Å². The largest absolute Gasteiger partial charge is 0.488 e. The topological polar surface area (TPSA) is 55.8 Å². The van der Waals surface area contributed by atoms with Crippen LogP contribution >= 0.6 is 0 Å². The van der Waals surface area contributed by atoms with Crippen LogP contribution in [0.1, 0.15) is 37.7 Å². The summed E-state index contributed by atoms with van der Waals surface area (Å²) in [7, 11) is 0. The van der Waals surface area contributed by atoms with E-state index in [0.717, 1.165) is 31.4 Å². The Morgan fingerprint density at radius 2 is 2.10 bits per heavy atom. The molecule has 1 saturated carbocycles. The lowest BCUT2D eigenvalue weighted by Crippen LogP contribution is -2.43. The van der Waals surface area contributed by atoms with Gasteiger partial charge in [0.15, 0.2) is 0 Å². The van der Waals surface area contributed by atoms with Crippen LogP contribution in [0.2, 0.25) is 0 Å². The van der Waals surface area contributed by atoms with Gasteiger partial charge < -0.3 is 14.6 Å². The molecule has 0 bridgehead atoms. The molecule has 1 aliphatic heterocycles. The van der Waals surface area contributed by atoms with E-state index >= 15 is 0 Å². The van der Waals surface area contributed by atoms with E-state index in [9.17, 15) is 9.90 Å². The number of para-hydroxylation sites is 1. The van der Waals surface area contributed by atoms with E-state index in [1.54, 1.807) is 0 Å². The molecule has 0 spiro atoms. The second kappa shape index (κ2) is 5.44. The summed E-state index contributed by atoms with van der Waals surface area (Å²) in [5, 5.41) is 9.59. The van der Waals surface area contributed by atoms with Gasteiger partial charge in [-0.05, 0) is 31.7 Å². The highest BCUT2D eigenvalue weighted by molar-refractivity contribution is 5.83. The Kier molecular flexibility index (Phi) is 3.66. The lowest BCUT2D eigenvalue weighted by Gasteiger charge is -2.39. The van der Waals surface area contributed by atoms with Gasteiger partial charge in [-0.1, -0.05) is 24.6 Å². The molecule has 1 aliphatic carbocycles. The van der Waals surface area contributed by atoms with Gasteiger partial charge in [-0.3, -0.25) is 4.79 Å². The molecule has 0 aromatic heterocycles. The maximum Gasteiger partial charge on any atom is 0.314 e. The third kappa shape index (κ3) is 2.29. The van der Waals surface area contributed by atoms with E-state index in [1.165, 1.54) is 0 Å². The van der Waals surface area contributed by atoms with Crippen LogP contribution in [-0.2, 0) is 14.9 Å². The first-order valence-corrected chi connectivity index (χ1v) is 7.30. The summed E-state index contributed by atoms with van der Waals surface area (Å²) >= 11 is 0. The molecule has 0 radical (unpaired) electrons. The number of hydrogen-bond acceptors (Lipinski definition) is 3. The van der Waals surface area contributed by atoms with Crippen molar-refractivity contribution < 1.29 is 19.4 Å². The molecule has 2 fully saturated rings. The summed E-state index contributed by atoms with van der Waals surface area (Å²) in [6, 6.07) is 7.57. The molecule has 1 N–H and O–H groups in total. The Balaban J connectivity index is 1.86. The van der Waals surface area contributed by atoms with Crippen molar-refractivity contribution in [2.45, 2.75) is 43.6 Å². The maximum absolute atomic E-state index is 11.7. The monoisotopic (exact) mass is 276 g/mol. The Hall–Kier alpha value is -1.55. The Morgan fingerprint density at radius 1 is 1.30 bits per heavy atom. The molecule has 1 heterocycles. The molecule has 1 aromatic rings. The van der Waals surface area contributed by atoms with Crippen molar-refractivity contribution in [3.63, 3.8) is 0 Å². The molecule has 4 heteroatoms. The zero-order valence-electron chi connectivity index (χ0n) is 11.5. The smallest absolute Gasteiger partial charge is 0.314 e. The molecule has 1 unspecified atom stereocenters. The quantitative estimate of drug-likeness (QED) is 0.918. The van der Waals surface area contributed by atoms with Crippen molar-refractivity contribution in [2.75, 3.05) is 13.2 Å². The SMILES string of the molecule is O=C(O)C1(c2ccccc2OC2CCCOC2)CCC1. The number of aliphatic carboxylic acids is 1. The first kappa shape index (κ1) is 13.4. The fourth-order valence-corrected chi connectivity index (χ4v) is 3.08. The van der Waals surface area contributed by atoms with Gasteiger partial charge >= 0.3 is 5.97 Å². The number of carbonyl (C=O) groups is 1. The highest BCUT2D eigenvalue weighted by Gasteiger charge is 2.47. The van der Waals surface area contributed by atoms with Crippen LogP contribution in [0.15, 0.2) is 24.3 Å². The van der Waals surface area contributed by atoms with Gasteiger partial charge in [0.05, 0.1) is 12.0 Å². The van der Waals surface area contributed by atoms with Gasteiger partial charge in [0.1, 0.15) is 11.9 Å². The average molecular weight is 276 g/mol. The molecule has 108 valence electrons. The Morgan fingerprint density at radius 3 is 2.70 bits per heavy atom. The van der Waals surface area contributed by atoms with E-state index in [-0.39, 0.29) is 6.10 Å². The van der Waals surface area contributed by atoms with Gasteiger partial charge in [-0.15, -0.1) is 0 Å². The molecular formula is C16H20O4. The molecule has 1 atom stereocenters. The van der Waals surface area contributed by atoms with Crippen molar-refractivity contribution in [3.8, 4) is 5.75 Å². The zero-order chi connectivity index (χ0) is 14.0. The van der Waals surface area contributed by atoms with E-state index in [1.807, 2.05) is 24.3 Å². The van der Waals surface area contributed by atoms with Crippen LogP contribution < -0.4 is 4.74 Å². The summed E-state index contributed by atoms with van der Waals surface area (Å²) in [4.78, 5) is 11.7. The fourth-order valence-electron chi connectivity index (χ4n) is 3.08. The lowest BCUT2D eigenvalue weighted by atomic mass is 9.64. The van der Waals surface area contributed by atoms with Crippen LogP contribution in [0.5, 0.6) is 5.75 Å². The van der Waals surface area contributed by atoms with E-state index < -0.39 is 11.4 Å². The third-order valence-electron chi connectivity index (χ3n) is 4.43. The molecule has 0 amide bonds. The highest BCUT2D eigenvalue weighted by atomic mass is 16.5. The molecule has 1 saturated heterocycles. The minimum absolute atomic E-state index is 0.0378. The van der Waals surface area contributed by atoms with E-state index in [0.29, 0.717) is 25.2 Å². The second-order valence-electron chi connectivity index (χ2n) is 5.69. The first-order chi connectivity index (χ1) is 9.72. The lowest BCUT2D eigenvalue weighted by molar-refractivity contribution is -0.147. The Labute approximate surface area is 118 Å². The minimum Gasteiger partial charge on any atom is -0.488 e. The number of hydrogen-bond donors (Lipinski definition) is 1. The van der Waals surface area contributed by atoms with Crippen LogP contribution in [0, 0.1) is 0 Å².